The van der Waals surface area contributed by atoms with Crippen molar-refractivity contribution in [2.45, 2.75) is 38.0 Å². The summed E-state index contributed by atoms with van der Waals surface area (Å²) in [6.45, 7) is 1.10. The van der Waals surface area contributed by atoms with Crippen LogP contribution in [0.2, 0.25) is 0 Å². The molecule has 2 amide bonds. The Morgan fingerprint density at radius 3 is 2.56 bits per heavy atom. The van der Waals surface area contributed by atoms with Crippen molar-refractivity contribution in [1.82, 2.24) is 15.2 Å². The van der Waals surface area contributed by atoms with E-state index in [1.165, 1.54) is 19.2 Å². The highest BCUT2D eigenvalue weighted by molar-refractivity contribution is 5.93. The number of nitrogens with one attached hydrogen (secondary N) is 1. The summed E-state index contributed by atoms with van der Waals surface area (Å²) in [5.74, 6) is -1.13. The molecule has 0 spiro atoms. The smallest absolute Gasteiger partial charge is 0.378 e. The Kier molecular flexibility index (Phi) is 5.54. The number of aromatic nitrogens is 1. The SMILES string of the molecule is CC(=O)N[C@@H]1CC[C@H](C(F)(F)F)N(C(=O)c2cc(N(C)C)ccn2)C1. The summed E-state index contributed by atoms with van der Waals surface area (Å²) in [7, 11) is 3.52. The summed E-state index contributed by atoms with van der Waals surface area (Å²) in [6.07, 6.45) is -3.23. The largest absolute Gasteiger partial charge is 0.408 e. The highest BCUT2D eigenvalue weighted by Crippen LogP contribution is 2.33. The fourth-order valence-corrected chi connectivity index (χ4v) is 2.90. The lowest BCUT2D eigenvalue weighted by molar-refractivity contribution is -0.184. The van der Waals surface area contributed by atoms with Gasteiger partial charge in [-0.3, -0.25) is 14.6 Å². The Morgan fingerprint density at radius 2 is 2.00 bits per heavy atom. The van der Waals surface area contributed by atoms with Crippen LogP contribution in [-0.4, -0.2) is 60.6 Å². The molecule has 0 saturated carbocycles. The number of hydrogen-bond acceptors (Lipinski definition) is 4. The molecule has 0 radical (unpaired) electrons. The van der Waals surface area contributed by atoms with E-state index in [2.05, 4.69) is 10.3 Å². The van der Waals surface area contributed by atoms with Crippen LogP contribution in [0.3, 0.4) is 0 Å². The number of anilines is 1. The van der Waals surface area contributed by atoms with Crippen molar-refractivity contribution in [2.75, 3.05) is 25.5 Å². The van der Waals surface area contributed by atoms with Crippen LogP contribution >= 0.6 is 0 Å². The Morgan fingerprint density at radius 1 is 1.32 bits per heavy atom. The molecule has 9 heteroatoms. The second-order valence-corrected chi connectivity index (χ2v) is 6.28. The number of likely N-dealkylation sites (tertiary alicyclic amines) is 1. The van der Waals surface area contributed by atoms with Crippen LogP contribution < -0.4 is 10.2 Å². The third kappa shape index (κ3) is 4.61. The fourth-order valence-electron chi connectivity index (χ4n) is 2.90. The molecule has 1 saturated heterocycles. The minimum atomic E-state index is -4.53. The van der Waals surface area contributed by atoms with Crippen molar-refractivity contribution in [1.29, 1.82) is 0 Å². The van der Waals surface area contributed by atoms with E-state index in [1.54, 1.807) is 25.1 Å². The predicted molar refractivity (Wildman–Crippen MR) is 86.3 cm³/mol. The molecule has 0 aliphatic carbocycles. The van der Waals surface area contributed by atoms with Crippen molar-refractivity contribution in [3.63, 3.8) is 0 Å². The summed E-state index contributed by atoms with van der Waals surface area (Å²) in [5.41, 5.74) is 0.612. The van der Waals surface area contributed by atoms with E-state index in [0.29, 0.717) is 5.69 Å². The van der Waals surface area contributed by atoms with Gasteiger partial charge in [0.1, 0.15) is 11.7 Å². The number of halogens is 3. The molecule has 138 valence electrons. The second-order valence-electron chi connectivity index (χ2n) is 6.28. The van der Waals surface area contributed by atoms with Crippen molar-refractivity contribution in [3.05, 3.63) is 24.0 Å². The van der Waals surface area contributed by atoms with Crippen LogP contribution in [0.25, 0.3) is 0 Å². The first-order valence-electron chi connectivity index (χ1n) is 7.87. The third-order valence-corrected chi connectivity index (χ3v) is 4.11. The number of carbonyl (C=O) groups is 2. The number of piperidine rings is 1. The van der Waals surface area contributed by atoms with E-state index in [0.717, 1.165) is 4.90 Å². The molecule has 0 bridgehead atoms. The number of pyridine rings is 1. The molecule has 0 unspecified atom stereocenters. The van der Waals surface area contributed by atoms with E-state index in [1.807, 2.05) is 0 Å². The molecular weight excluding hydrogens is 337 g/mol. The highest BCUT2D eigenvalue weighted by atomic mass is 19.4. The van der Waals surface area contributed by atoms with Crippen LogP contribution in [0, 0.1) is 0 Å². The van der Waals surface area contributed by atoms with Gasteiger partial charge >= 0.3 is 6.18 Å². The minimum Gasteiger partial charge on any atom is -0.378 e. The van der Waals surface area contributed by atoms with E-state index in [4.69, 9.17) is 0 Å². The second kappa shape index (κ2) is 7.28. The van der Waals surface area contributed by atoms with Crippen LogP contribution in [-0.2, 0) is 4.79 Å². The zero-order valence-corrected chi connectivity index (χ0v) is 14.3. The zero-order chi connectivity index (χ0) is 18.8. The van der Waals surface area contributed by atoms with Gasteiger partial charge in [0, 0.05) is 45.5 Å². The molecule has 25 heavy (non-hydrogen) atoms. The first kappa shape index (κ1) is 19.0. The summed E-state index contributed by atoms with van der Waals surface area (Å²) in [5, 5.41) is 2.59. The van der Waals surface area contributed by atoms with Gasteiger partial charge in [-0.05, 0) is 25.0 Å². The number of carbonyl (C=O) groups excluding carboxylic acids is 2. The number of nitrogens with zero attached hydrogens (tertiary/aromatic N) is 3. The maximum Gasteiger partial charge on any atom is 0.408 e. The zero-order valence-electron chi connectivity index (χ0n) is 14.3. The van der Waals surface area contributed by atoms with Gasteiger partial charge < -0.3 is 15.1 Å². The average molecular weight is 358 g/mol. The van der Waals surface area contributed by atoms with E-state index in [9.17, 15) is 22.8 Å². The van der Waals surface area contributed by atoms with Crippen molar-refractivity contribution in [3.8, 4) is 0 Å². The van der Waals surface area contributed by atoms with Crippen LogP contribution in [0.4, 0.5) is 18.9 Å². The van der Waals surface area contributed by atoms with Gasteiger partial charge in [-0.15, -0.1) is 0 Å². The molecule has 2 atom stereocenters. The normalized spacial score (nSPS) is 21.0. The van der Waals surface area contributed by atoms with Crippen LogP contribution in [0.15, 0.2) is 18.3 Å². The molecule has 1 N–H and O–H groups in total. The summed E-state index contributed by atoms with van der Waals surface area (Å²) >= 11 is 0. The lowest BCUT2D eigenvalue weighted by Gasteiger charge is -2.40. The maximum atomic E-state index is 13.4. The third-order valence-electron chi connectivity index (χ3n) is 4.11. The molecule has 1 fully saturated rings. The topological polar surface area (TPSA) is 65.5 Å². The van der Waals surface area contributed by atoms with Gasteiger partial charge in [-0.1, -0.05) is 0 Å². The average Bonchev–Trinajstić information content (AvgIpc) is 2.52. The molecular formula is C16H21F3N4O2. The standard InChI is InChI=1S/C16H21F3N4O2/c1-10(24)21-11-4-5-14(16(17,18)19)23(9-11)15(25)13-8-12(22(2)3)6-7-20-13/h6-8,11,14H,4-5,9H2,1-3H3,(H,21,24)/t11-,14-/m1/s1. The summed E-state index contributed by atoms with van der Waals surface area (Å²) < 4.78 is 40.1. The van der Waals surface area contributed by atoms with Crippen molar-refractivity contribution in [2.24, 2.45) is 0 Å². The monoisotopic (exact) mass is 358 g/mol. The first-order valence-corrected chi connectivity index (χ1v) is 7.87. The quantitative estimate of drug-likeness (QED) is 0.895. The molecule has 1 aromatic heterocycles. The maximum absolute atomic E-state index is 13.4. The Labute approximate surface area is 144 Å². The van der Waals surface area contributed by atoms with Crippen LogP contribution in [0.5, 0.6) is 0 Å². The van der Waals surface area contributed by atoms with Gasteiger partial charge in [-0.2, -0.15) is 13.2 Å². The number of rotatable bonds is 3. The molecule has 1 aliphatic heterocycles. The van der Waals surface area contributed by atoms with Crippen molar-refractivity contribution >= 4 is 17.5 Å². The molecule has 2 heterocycles. The van der Waals surface area contributed by atoms with Gasteiger partial charge in [0.15, 0.2) is 0 Å². The fraction of sp³-hybridized carbons (Fsp3) is 0.562. The van der Waals surface area contributed by atoms with Gasteiger partial charge in [0.25, 0.3) is 5.91 Å². The number of alkyl halides is 3. The molecule has 0 aromatic carbocycles. The van der Waals surface area contributed by atoms with Crippen molar-refractivity contribution < 1.29 is 22.8 Å². The molecule has 1 aromatic rings. The lowest BCUT2D eigenvalue weighted by atomic mass is 9.97. The van der Waals surface area contributed by atoms with Gasteiger partial charge in [-0.25, -0.2) is 0 Å². The lowest BCUT2D eigenvalue weighted by Crippen LogP contribution is -2.58. The summed E-state index contributed by atoms with van der Waals surface area (Å²) in [6, 6.07) is 0.735. The van der Waals surface area contributed by atoms with Gasteiger partial charge in [0.2, 0.25) is 5.91 Å². The predicted octanol–water partition coefficient (Wildman–Crippen LogP) is 1.82. The first-order chi connectivity index (χ1) is 11.6. The Hall–Kier alpha value is -2.32. The Balaban J connectivity index is 2.30. The minimum absolute atomic E-state index is 0.0519. The van der Waals surface area contributed by atoms with Gasteiger partial charge in [0.05, 0.1) is 0 Å². The number of hydrogen-bond donors (Lipinski definition) is 1. The summed E-state index contributed by atoms with van der Waals surface area (Å²) in [4.78, 5) is 30.3. The molecule has 1 aliphatic rings. The van der Waals surface area contributed by atoms with E-state index < -0.39 is 24.2 Å². The van der Waals surface area contributed by atoms with E-state index in [-0.39, 0.29) is 31.0 Å². The number of amides is 2. The van der Waals surface area contributed by atoms with Crippen LogP contribution in [0.1, 0.15) is 30.3 Å². The molecule has 2 rings (SSSR count). The van der Waals surface area contributed by atoms with E-state index >= 15 is 0 Å². The Bertz CT molecular complexity index is 649. The highest BCUT2D eigenvalue weighted by Gasteiger charge is 2.48. The molecule has 6 nitrogen and oxygen atoms in total.